The topological polar surface area (TPSA) is 61.8 Å². The van der Waals surface area contributed by atoms with Crippen LogP contribution in [0.1, 0.15) is 30.9 Å². The van der Waals surface area contributed by atoms with Crippen molar-refractivity contribution in [1.82, 2.24) is 10.2 Å². The quantitative estimate of drug-likeness (QED) is 0.582. The molecule has 0 aromatic heterocycles. The summed E-state index contributed by atoms with van der Waals surface area (Å²) in [6, 6.07) is 17.7. The highest BCUT2D eigenvalue weighted by Gasteiger charge is 2.21. The van der Waals surface area contributed by atoms with Gasteiger partial charge in [-0.15, -0.1) is 0 Å². The fourth-order valence-corrected chi connectivity index (χ4v) is 4.36. The molecule has 0 unspecified atom stereocenters. The van der Waals surface area contributed by atoms with Gasteiger partial charge in [0.15, 0.2) is 15.8 Å². The first-order valence-electron chi connectivity index (χ1n) is 10.3. The molecule has 0 spiro atoms. The van der Waals surface area contributed by atoms with Crippen LogP contribution in [-0.4, -0.2) is 45.2 Å². The van der Waals surface area contributed by atoms with Gasteiger partial charge < -0.3 is 10.2 Å². The van der Waals surface area contributed by atoms with Crippen LogP contribution in [0.2, 0.25) is 0 Å². The van der Waals surface area contributed by atoms with E-state index < -0.39 is 9.84 Å². The molecule has 1 N–H and O–H groups in total. The molecule has 1 fully saturated rings. The number of piperidine rings is 1. The van der Waals surface area contributed by atoms with Gasteiger partial charge in [0.25, 0.3) is 0 Å². The molecule has 0 amide bonds. The van der Waals surface area contributed by atoms with Crippen LogP contribution in [0.5, 0.6) is 0 Å². The lowest BCUT2D eigenvalue weighted by molar-refractivity contribution is 0.259. The molecule has 156 valence electrons. The second-order valence-electron chi connectivity index (χ2n) is 7.71. The van der Waals surface area contributed by atoms with Gasteiger partial charge in [-0.2, -0.15) is 0 Å². The van der Waals surface area contributed by atoms with Gasteiger partial charge in [0.1, 0.15) is 0 Å². The SMILES string of the molecule is CCNC(=NCc1ccc(S(C)(=O)=O)cc1)N1CCC(Cc2ccccc2)CC1. The van der Waals surface area contributed by atoms with Gasteiger partial charge in [0.2, 0.25) is 0 Å². The second-order valence-corrected chi connectivity index (χ2v) is 9.72. The van der Waals surface area contributed by atoms with E-state index in [2.05, 4.69) is 47.5 Å². The summed E-state index contributed by atoms with van der Waals surface area (Å²) in [6.07, 6.45) is 4.71. The van der Waals surface area contributed by atoms with E-state index in [1.165, 1.54) is 24.7 Å². The lowest BCUT2D eigenvalue weighted by Gasteiger charge is -2.34. The van der Waals surface area contributed by atoms with Crippen LogP contribution in [0.15, 0.2) is 64.5 Å². The van der Waals surface area contributed by atoms with E-state index in [0.29, 0.717) is 11.4 Å². The normalized spacial score (nSPS) is 16.1. The Labute approximate surface area is 174 Å². The van der Waals surface area contributed by atoms with Crippen molar-refractivity contribution in [2.24, 2.45) is 10.9 Å². The zero-order chi connectivity index (χ0) is 20.7. The third kappa shape index (κ3) is 6.32. The van der Waals surface area contributed by atoms with Gasteiger partial charge in [-0.3, -0.25) is 0 Å². The Bertz CT molecular complexity index is 901. The van der Waals surface area contributed by atoms with Crippen LogP contribution < -0.4 is 5.32 Å². The monoisotopic (exact) mass is 413 g/mol. The van der Waals surface area contributed by atoms with Crippen LogP contribution in [0.25, 0.3) is 0 Å². The number of nitrogens with one attached hydrogen (secondary N) is 1. The Hall–Kier alpha value is -2.34. The molecule has 0 atom stereocenters. The molecule has 2 aromatic carbocycles. The zero-order valence-electron chi connectivity index (χ0n) is 17.3. The molecule has 2 aromatic rings. The van der Waals surface area contributed by atoms with Gasteiger partial charge in [0, 0.05) is 25.9 Å². The van der Waals surface area contributed by atoms with E-state index in [0.717, 1.165) is 43.5 Å². The Morgan fingerprint density at radius 1 is 1.03 bits per heavy atom. The summed E-state index contributed by atoms with van der Waals surface area (Å²) in [7, 11) is -3.16. The summed E-state index contributed by atoms with van der Waals surface area (Å²) < 4.78 is 23.2. The molecule has 0 radical (unpaired) electrons. The number of aliphatic imine (C=N–C) groups is 1. The standard InChI is InChI=1S/C23H31N3O2S/c1-3-24-23(25-18-21-9-11-22(12-10-21)29(2,27)28)26-15-13-20(14-16-26)17-19-7-5-4-6-8-19/h4-12,20H,3,13-18H2,1-2H3,(H,24,25). The minimum atomic E-state index is -3.16. The van der Waals surface area contributed by atoms with E-state index in [4.69, 9.17) is 4.99 Å². The van der Waals surface area contributed by atoms with Crippen molar-refractivity contribution in [3.63, 3.8) is 0 Å². The summed E-state index contributed by atoms with van der Waals surface area (Å²) >= 11 is 0. The fraction of sp³-hybridized carbons (Fsp3) is 0.435. The van der Waals surface area contributed by atoms with Gasteiger partial charge in [0.05, 0.1) is 11.4 Å². The first kappa shape index (κ1) is 21.4. The predicted molar refractivity (Wildman–Crippen MR) is 119 cm³/mol. The van der Waals surface area contributed by atoms with Crippen molar-refractivity contribution in [1.29, 1.82) is 0 Å². The maximum atomic E-state index is 11.6. The summed E-state index contributed by atoms with van der Waals surface area (Å²) in [4.78, 5) is 7.48. The highest BCUT2D eigenvalue weighted by atomic mass is 32.2. The van der Waals surface area contributed by atoms with Crippen LogP contribution in [0.3, 0.4) is 0 Å². The molecule has 6 heteroatoms. The first-order chi connectivity index (χ1) is 14.0. The maximum absolute atomic E-state index is 11.6. The first-order valence-corrected chi connectivity index (χ1v) is 12.2. The zero-order valence-corrected chi connectivity index (χ0v) is 18.2. The second kappa shape index (κ2) is 9.92. The van der Waals surface area contributed by atoms with E-state index in [-0.39, 0.29) is 0 Å². The Kier molecular flexibility index (Phi) is 7.31. The molecule has 1 aliphatic rings. The van der Waals surface area contributed by atoms with Crippen molar-refractivity contribution >= 4 is 15.8 Å². The summed E-state index contributed by atoms with van der Waals surface area (Å²) in [6.45, 7) is 5.47. The molecule has 5 nitrogen and oxygen atoms in total. The highest BCUT2D eigenvalue weighted by Crippen LogP contribution is 2.22. The maximum Gasteiger partial charge on any atom is 0.194 e. The lowest BCUT2D eigenvalue weighted by atomic mass is 9.90. The van der Waals surface area contributed by atoms with E-state index in [9.17, 15) is 8.42 Å². The van der Waals surface area contributed by atoms with Crippen LogP contribution in [0.4, 0.5) is 0 Å². The molecule has 0 bridgehead atoms. The number of guanidine groups is 1. The molecule has 29 heavy (non-hydrogen) atoms. The number of hydrogen-bond acceptors (Lipinski definition) is 3. The number of benzene rings is 2. The molecular weight excluding hydrogens is 382 g/mol. The van der Waals surface area contributed by atoms with Gasteiger partial charge in [-0.05, 0) is 55.4 Å². The molecule has 3 rings (SSSR count). The van der Waals surface area contributed by atoms with Crippen LogP contribution >= 0.6 is 0 Å². The van der Waals surface area contributed by atoms with Crippen LogP contribution in [-0.2, 0) is 22.8 Å². The van der Waals surface area contributed by atoms with E-state index in [1.54, 1.807) is 12.1 Å². The highest BCUT2D eigenvalue weighted by molar-refractivity contribution is 7.90. The van der Waals surface area contributed by atoms with Crippen molar-refractivity contribution < 1.29 is 8.42 Å². The number of rotatable bonds is 6. The van der Waals surface area contributed by atoms with Crippen molar-refractivity contribution in [2.45, 2.75) is 37.6 Å². The fourth-order valence-electron chi connectivity index (χ4n) is 3.73. The minimum absolute atomic E-state index is 0.345. The van der Waals surface area contributed by atoms with E-state index >= 15 is 0 Å². The lowest BCUT2D eigenvalue weighted by Crippen LogP contribution is -2.45. The van der Waals surface area contributed by atoms with Crippen molar-refractivity contribution in [3.8, 4) is 0 Å². The smallest absolute Gasteiger partial charge is 0.194 e. The van der Waals surface area contributed by atoms with Gasteiger partial charge in [-0.25, -0.2) is 13.4 Å². The number of hydrogen-bond donors (Lipinski definition) is 1. The predicted octanol–water partition coefficient (Wildman–Crippen LogP) is 3.51. The molecule has 1 saturated heterocycles. The number of sulfone groups is 1. The largest absolute Gasteiger partial charge is 0.357 e. The summed E-state index contributed by atoms with van der Waals surface area (Å²) in [5, 5.41) is 3.40. The van der Waals surface area contributed by atoms with Crippen LogP contribution in [0, 0.1) is 5.92 Å². The third-order valence-corrected chi connectivity index (χ3v) is 6.51. The molecular formula is C23H31N3O2S. The minimum Gasteiger partial charge on any atom is -0.357 e. The van der Waals surface area contributed by atoms with Gasteiger partial charge in [-0.1, -0.05) is 42.5 Å². The van der Waals surface area contributed by atoms with Crippen molar-refractivity contribution in [3.05, 3.63) is 65.7 Å². The summed E-state index contributed by atoms with van der Waals surface area (Å²) in [5.41, 5.74) is 2.43. The average molecular weight is 414 g/mol. The number of nitrogens with zero attached hydrogens (tertiary/aromatic N) is 2. The molecule has 0 aliphatic carbocycles. The van der Waals surface area contributed by atoms with Gasteiger partial charge >= 0.3 is 0 Å². The summed E-state index contributed by atoms with van der Waals surface area (Å²) in [5.74, 6) is 1.66. The third-order valence-electron chi connectivity index (χ3n) is 5.38. The Morgan fingerprint density at radius 3 is 2.28 bits per heavy atom. The average Bonchev–Trinajstić information content (AvgIpc) is 2.72. The Morgan fingerprint density at radius 2 is 1.69 bits per heavy atom. The molecule has 0 saturated carbocycles. The molecule has 1 aliphatic heterocycles. The molecule has 1 heterocycles. The number of likely N-dealkylation sites (tertiary alicyclic amines) is 1. The van der Waals surface area contributed by atoms with E-state index in [1.807, 2.05) is 12.1 Å². The van der Waals surface area contributed by atoms with Crippen molar-refractivity contribution in [2.75, 3.05) is 25.9 Å². The Balaban J connectivity index is 1.58.